The Bertz CT molecular complexity index is 356. The smallest absolute Gasteiger partial charge is 0.213 e. The van der Waals surface area contributed by atoms with Gasteiger partial charge >= 0.3 is 0 Å². The van der Waals surface area contributed by atoms with Crippen LogP contribution in [0.5, 0.6) is 0 Å². The van der Waals surface area contributed by atoms with Crippen molar-refractivity contribution < 1.29 is 8.42 Å². The van der Waals surface area contributed by atoms with Gasteiger partial charge in [0.2, 0.25) is 10.0 Å². The van der Waals surface area contributed by atoms with Crippen molar-refractivity contribution in [2.75, 3.05) is 12.3 Å². The van der Waals surface area contributed by atoms with Gasteiger partial charge in [-0.05, 0) is 51.0 Å². The van der Waals surface area contributed by atoms with Crippen LogP contribution in [0.15, 0.2) is 0 Å². The molecule has 0 radical (unpaired) electrons. The van der Waals surface area contributed by atoms with Gasteiger partial charge in [-0.3, -0.25) is 0 Å². The molecule has 0 bridgehead atoms. The minimum Gasteiger partial charge on any atom is -0.313 e. The highest BCUT2D eigenvalue weighted by molar-refractivity contribution is 7.89. The molecule has 4 nitrogen and oxygen atoms in total. The van der Waals surface area contributed by atoms with Gasteiger partial charge < -0.3 is 5.32 Å². The Balaban J connectivity index is 1.74. The lowest BCUT2D eigenvalue weighted by Gasteiger charge is -2.29. The van der Waals surface area contributed by atoms with Crippen LogP contribution in [0.1, 0.15) is 58.3 Å². The van der Waals surface area contributed by atoms with Gasteiger partial charge in [-0.25, -0.2) is 13.1 Å². The molecule has 1 saturated carbocycles. The summed E-state index contributed by atoms with van der Waals surface area (Å²) in [4.78, 5) is 0. The molecule has 1 saturated heterocycles. The number of nitrogens with one attached hydrogen (secondary N) is 2. The monoisotopic (exact) mass is 288 g/mol. The Kier molecular flexibility index (Phi) is 5.66. The van der Waals surface area contributed by atoms with E-state index in [-0.39, 0.29) is 17.8 Å². The maximum Gasteiger partial charge on any atom is 0.213 e. The molecule has 2 rings (SSSR count). The van der Waals surface area contributed by atoms with E-state index in [2.05, 4.69) is 17.0 Å². The van der Waals surface area contributed by atoms with Crippen LogP contribution in [0.25, 0.3) is 0 Å². The van der Waals surface area contributed by atoms with E-state index >= 15 is 0 Å². The molecular weight excluding hydrogens is 260 g/mol. The second-order valence-electron chi connectivity index (χ2n) is 6.20. The molecule has 1 aliphatic carbocycles. The zero-order valence-corrected chi connectivity index (χ0v) is 12.8. The number of hydrogen-bond acceptors (Lipinski definition) is 3. The van der Waals surface area contributed by atoms with E-state index in [1.54, 1.807) is 0 Å². The summed E-state index contributed by atoms with van der Waals surface area (Å²) in [6.07, 6.45) is 9.03. The Morgan fingerprint density at radius 3 is 2.47 bits per heavy atom. The number of sulfonamides is 1. The van der Waals surface area contributed by atoms with Crippen LogP contribution in [-0.2, 0) is 10.0 Å². The molecule has 1 aliphatic heterocycles. The highest BCUT2D eigenvalue weighted by Crippen LogP contribution is 2.28. The van der Waals surface area contributed by atoms with Crippen molar-refractivity contribution >= 4 is 10.0 Å². The molecule has 19 heavy (non-hydrogen) atoms. The van der Waals surface area contributed by atoms with Crippen LogP contribution in [-0.4, -0.2) is 32.8 Å². The zero-order chi connectivity index (χ0) is 13.7. The Morgan fingerprint density at radius 1 is 1.16 bits per heavy atom. The first-order valence-electron chi connectivity index (χ1n) is 7.82. The van der Waals surface area contributed by atoms with E-state index in [1.807, 2.05) is 0 Å². The van der Waals surface area contributed by atoms with Crippen LogP contribution in [0, 0.1) is 5.92 Å². The molecule has 0 spiro atoms. The number of hydrogen-bond donors (Lipinski definition) is 2. The zero-order valence-electron chi connectivity index (χ0n) is 12.0. The van der Waals surface area contributed by atoms with Gasteiger partial charge in [-0.15, -0.1) is 0 Å². The maximum atomic E-state index is 12.1. The molecular formula is C14H28N2O2S. The van der Waals surface area contributed by atoms with E-state index in [0.717, 1.165) is 38.1 Å². The molecule has 2 fully saturated rings. The molecule has 0 amide bonds. The van der Waals surface area contributed by atoms with Crippen molar-refractivity contribution in [1.29, 1.82) is 0 Å². The molecule has 112 valence electrons. The predicted octanol–water partition coefficient (Wildman–Crippen LogP) is 2.02. The third-order valence-electron chi connectivity index (χ3n) is 4.47. The summed E-state index contributed by atoms with van der Waals surface area (Å²) in [6, 6.07) is 0.341. The van der Waals surface area contributed by atoms with Gasteiger partial charge in [-0.1, -0.05) is 19.8 Å². The third kappa shape index (κ3) is 5.04. The molecule has 0 aromatic heterocycles. The van der Waals surface area contributed by atoms with Gasteiger partial charge in [-0.2, -0.15) is 0 Å². The highest BCUT2D eigenvalue weighted by Gasteiger charge is 2.27. The topological polar surface area (TPSA) is 58.2 Å². The van der Waals surface area contributed by atoms with Crippen molar-refractivity contribution in [2.45, 2.75) is 70.4 Å². The number of rotatable bonds is 6. The fourth-order valence-corrected chi connectivity index (χ4v) is 5.10. The maximum absolute atomic E-state index is 12.1. The summed E-state index contributed by atoms with van der Waals surface area (Å²) in [5.74, 6) is 1.07. The van der Waals surface area contributed by atoms with Crippen molar-refractivity contribution in [2.24, 2.45) is 5.92 Å². The molecule has 1 atom stereocenters. The van der Waals surface area contributed by atoms with Crippen molar-refractivity contribution in [3.8, 4) is 0 Å². The first-order chi connectivity index (χ1) is 9.09. The average Bonchev–Trinajstić information content (AvgIpc) is 2.83. The second kappa shape index (κ2) is 7.04. The summed E-state index contributed by atoms with van der Waals surface area (Å²) in [6.45, 7) is 3.19. The molecule has 1 unspecified atom stereocenters. The van der Waals surface area contributed by atoms with Crippen LogP contribution in [0.2, 0.25) is 0 Å². The highest BCUT2D eigenvalue weighted by atomic mass is 32.2. The first-order valence-corrected chi connectivity index (χ1v) is 9.47. The summed E-state index contributed by atoms with van der Waals surface area (Å²) < 4.78 is 27.1. The van der Waals surface area contributed by atoms with E-state index < -0.39 is 10.0 Å². The van der Waals surface area contributed by atoms with E-state index in [9.17, 15) is 8.42 Å². The van der Waals surface area contributed by atoms with Crippen molar-refractivity contribution in [3.63, 3.8) is 0 Å². The van der Waals surface area contributed by atoms with E-state index in [0.29, 0.717) is 0 Å². The molecule has 0 aromatic rings. The molecule has 2 N–H and O–H groups in total. The standard InChI is InChI=1S/C14H28N2O2S/c1-2-4-12-6-8-13(9-7-12)16-19(17,18)11-14-5-3-10-15-14/h12-16H,2-11H2,1H3. The SMILES string of the molecule is CCCC1CCC(NS(=O)(=O)CC2CCCN2)CC1. The summed E-state index contributed by atoms with van der Waals surface area (Å²) >= 11 is 0. The second-order valence-corrected chi connectivity index (χ2v) is 8.00. The van der Waals surface area contributed by atoms with Crippen LogP contribution < -0.4 is 10.0 Å². The molecule has 5 heteroatoms. The first kappa shape index (κ1) is 15.3. The van der Waals surface area contributed by atoms with Gasteiger partial charge in [0.25, 0.3) is 0 Å². The fraction of sp³-hybridized carbons (Fsp3) is 1.00. The third-order valence-corrected chi connectivity index (χ3v) is 6.01. The van der Waals surface area contributed by atoms with Crippen molar-refractivity contribution in [1.82, 2.24) is 10.0 Å². The summed E-state index contributed by atoms with van der Waals surface area (Å²) in [5, 5.41) is 3.25. The largest absolute Gasteiger partial charge is 0.313 e. The van der Waals surface area contributed by atoms with E-state index in [4.69, 9.17) is 0 Å². The summed E-state index contributed by atoms with van der Waals surface area (Å²) in [7, 11) is -3.11. The predicted molar refractivity (Wildman–Crippen MR) is 78.6 cm³/mol. The lowest BCUT2D eigenvalue weighted by molar-refractivity contribution is 0.297. The lowest BCUT2D eigenvalue weighted by Crippen LogP contribution is -2.42. The molecule has 0 aromatic carbocycles. The Labute approximate surface area is 117 Å². The normalized spacial score (nSPS) is 32.6. The average molecular weight is 288 g/mol. The van der Waals surface area contributed by atoms with Crippen LogP contribution in [0.3, 0.4) is 0 Å². The summed E-state index contributed by atoms with van der Waals surface area (Å²) in [5.41, 5.74) is 0. The van der Waals surface area contributed by atoms with Crippen LogP contribution >= 0.6 is 0 Å². The molecule has 1 heterocycles. The van der Waals surface area contributed by atoms with Crippen LogP contribution in [0.4, 0.5) is 0 Å². The minimum absolute atomic E-state index is 0.161. The molecule has 2 aliphatic rings. The van der Waals surface area contributed by atoms with E-state index in [1.165, 1.54) is 25.7 Å². The van der Waals surface area contributed by atoms with Gasteiger partial charge in [0.15, 0.2) is 0 Å². The Hall–Kier alpha value is -0.130. The quantitative estimate of drug-likeness (QED) is 0.786. The minimum atomic E-state index is -3.11. The Morgan fingerprint density at radius 2 is 1.89 bits per heavy atom. The lowest BCUT2D eigenvalue weighted by atomic mass is 9.84. The van der Waals surface area contributed by atoms with Gasteiger partial charge in [0.1, 0.15) is 0 Å². The van der Waals surface area contributed by atoms with Crippen molar-refractivity contribution in [3.05, 3.63) is 0 Å². The van der Waals surface area contributed by atoms with Gasteiger partial charge in [0.05, 0.1) is 5.75 Å². The van der Waals surface area contributed by atoms with Gasteiger partial charge in [0, 0.05) is 12.1 Å². The fourth-order valence-electron chi connectivity index (χ4n) is 3.44.